The van der Waals surface area contributed by atoms with E-state index in [4.69, 9.17) is 4.74 Å². The lowest BCUT2D eigenvalue weighted by Gasteiger charge is -2.22. The number of amides is 2. The zero-order chi connectivity index (χ0) is 15.1. The fourth-order valence-corrected chi connectivity index (χ4v) is 2.00. The number of anilines is 1. The highest BCUT2D eigenvalue weighted by Crippen LogP contribution is 2.11. The van der Waals surface area contributed by atoms with Crippen LogP contribution in [0.15, 0.2) is 24.3 Å². The molecule has 0 aromatic heterocycles. The second-order valence-electron chi connectivity index (χ2n) is 4.89. The van der Waals surface area contributed by atoms with Crippen LogP contribution in [-0.2, 0) is 9.53 Å². The number of morpholine rings is 1. The van der Waals surface area contributed by atoms with Gasteiger partial charge in [-0.25, -0.2) is 0 Å². The number of hydrogen-bond acceptors (Lipinski definition) is 4. The topological polar surface area (TPSA) is 79.5 Å². The highest BCUT2D eigenvalue weighted by molar-refractivity contribution is 5.97. The van der Waals surface area contributed by atoms with Gasteiger partial charge in [0, 0.05) is 30.9 Å². The molecule has 1 heterocycles. The van der Waals surface area contributed by atoms with Gasteiger partial charge in [-0.3, -0.25) is 9.59 Å². The van der Waals surface area contributed by atoms with Crippen LogP contribution in [-0.4, -0.2) is 44.2 Å². The second kappa shape index (κ2) is 7.75. The van der Waals surface area contributed by atoms with Crippen molar-refractivity contribution in [2.75, 3.05) is 31.6 Å². The quantitative estimate of drug-likeness (QED) is 0.748. The molecule has 0 saturated carbocycles. The van der Waals surface area contributed by atoms with E-state index in [-0.39, 0.29) is 11.8 Å². The predicted molar refractivity (Wildman–Crippen MR) is 80.3 cm³/mol. The maximum Gasteiger partial charge on any atom is 0.254 e. The molecule has 1 fully saturated rings. The Hall–Kier alpha value is -1.92. The lowest BCUT2D eigenvalue weighted by Crippen LogP contribution is -2.45. The summed E-state index contributed by atoms with van der Waals surface area (Å²) in [4.78, 5) is 23.7. The minimum absolute atomic E-state index is 0.102. The van der Waals surface area contributed by atoms with Gasteiger partial charge in [-0.1, -0.05) is 6.92 Å². The maximum atomic E-state index is 12.0. The van der Waals surface area contributed by atoms with Crippen LogP contribution in [0.3, 0.4) is 0 Å². The molecule has 1 aliphatic rings. The normalized spacial score (nSPS) is 18.0. The molecule has 114 valence electrons. The van der Waals surface area contributed by atoms with E-state index in [1.165, 1.54) is 0 Å². The Kier molecular flexibility index (Phi) is 5.71. The first-order chi connectivity index (χ1) is 10.2. The molecule has 2 rings (SSSR count). The van der Waals surface area contributed by atoms with E-state index in [0.29, 0.717) is 30.9 Å². The molecule has 1 saturated heterocycles. The van der Waals surface area contributed by atoms with Gasteiger partial charge in [0.1, 0.15) is 6.10 Å². The van der Waals surface area contributed by atoms with Crippen LogP contribution in [0, 0.1) is 0 Å². The van der Waals surface area contributed by atoms with E-state index in [2.05, 4.69) is 16.0 Å². The molecule has 21 heavy (non-hydrogen) atoms. The van der Waals surface area contributed by atoms with Crippen molar-refractivity contribution < 1.29 is 14.3 Å². The van der Waals surface area contributed by atoms with Gasteiger partial charge >= 0.3 is 0 Å². The Labute approximate surface area is 124 Å². The van der Waals surface area contributed by atoms with Crippen molar-refractivity contribution in [1.82, 2.24) is 10.6 Å². The number of benzene rings is 1. The number of nitrogens with one attached hydrogen (secondary N) is 3. The Morgan fingerprint density at radius 2 is 2.10 bits per heavy atom. The lowest BCUT2D eigenvalue weighted by atomic mass is 10.2. The van der Waals surface area contributed by atoms with Crippen LogP contribution >= 0.6 is 0 Å². The number of carbonyl (C=O) groups excluding carboxylic acids is 2. The fourth-order valence-electron chi connectivity index (χ4n) is 2.00. The lowest BCUT2D eigenvalue weighted by molar-refractivity contribution is -0.128. The van der Waals surface area contributed by atoms with Gasteiger partial charge in [0.25, 0.3) is 11.8 Å². The standard InChI is InChI=1S/C15H21N3O3/c1-2-7-17-14(19)11-3-5-12(6-4-11)18-15(20)13-10-16-8-9-21-13/h3-6,13,16H,2,7-10H2,1H3,(H,17,19)(H,18,20). The summed E-state index contributed by atoms with van der Waals surface area (Å²) in [5, 5.41) is 8.70. The first-order valence-corrected chi connectivity index (χ1v) is 7.22. The van der Waals surface area contributed by atoms with E-state index >= 15 is 0 Å². The zero-order valence-electron chi connectivity index (χ0n) is 12.1. The maximum absolute atomic E-state index is 12.0. The monoisotopic (exact) mass is 291 g/mol. The molecule has 0 spiro atoms. The summed E-state index contributed by atoms with van der Waals surface area (Å²) >= 11 is 0. The van der Waals surface area contributed by atoms with E-state index in [9.17, 15) is 9.59 Å². The Morgan fingerprint density at radius 3 is 2.71 bits per heavy atom. The van der Waals surface area contributed by atoms with Crippen LogP contribution in [0.1, 0.15) is 23.7 Å². The SMILES string of the molecule is CCCNC(=O)c1ccc(NC(=O)C2CNCCO2)cc1. The van der Waals surface area contributed by atoms with E-state index in [1.54, 1.807) is 24.3 Å². The van der Waals surface area contributed by atoms with Crippen molar-refractivity contribution in [3.05, 3.63) is 29.8 Å². The van der Waals surface area contributed by atoms with Crippen molar-refractivity contribution in [3.63, 3.8) is 0 Å². The molecule has 2 amide bonds. The van der Waals surface area contributed by atoms with Gasteiger partial charge in [0.05, 0.1) is 6.61 Å². The summed E-state index contributed by atoms with van der Waals surface area (Å²) in [6.45, 7) is 4.48. The van der Waals surface area contributed by atoms with Gasteiger partial charge in [-0.15, -0.1) is 0 Å². The molecular formula is C15H21N3O3. The molecule has 0 bridgehead atoms. The van der Waals surface area contributed by atoms with Crippen molar-refractivity contribution >= 4 is 17.5 Å². The third-order valence-corrected chi connectivity index (χ3v) is 3.17. The third kappa shape index (κ3) is 4.54. The van der Waals surface area contributed by atoms with Crippen LogP contribution in [0.5, 0.6) is 0 Å². The third-order valence-electron chi connectivity index (χ3n) is 3.17. The van der Waals surface area contributed by atoms with Gasteiger partial charge in [0.2, 0.25) is 0 Å². The van der Waals surface area contributed by atoms with E-state index in [0.717, 1.165) is 13.0 Å². The second-order valence-corrected chi connectivity index (χ2v) is 4.89. The van der Waals surface area contributed by atoms with Crippen LogP contribution in [0.25, 0.3) is 0 Å². The largest absolute Gasteiger partial charge is 0.366 e. The number of ether oxygens (including phenoxy) is 1. The number of hydrogen-bond donors (Lipinski definition) is 3. The molecular weight excluding hydrogens is 270 g/mol. The Morgan fingerprint density at radius 1 is 1.33 bits per heavy atom. The molecule has 1 aromatic rings. The fraction of sp³-hybridized carbons (Fsp3) is 0.467. The van der Waals surface area contributed by atoms with Crippen molar-refractivity contribution in [2.45, 2.75) is 19.4 Å². The first kappa shape index (κ1) is 15.5. The minimum Gasteiger partial charge on any atom is -0.366 e. The summed E-state index contributed by atoms with van der Waals surface area (Å²) in [6, 6.07) is 6.82. The molecule has 6 nitrogen and oxygen atoms in total. The summed E-state index contributed by atoms with van der Waals surface area (Å²) in [5.74, 6) is -0.278. The van der Waals surface area contributed by atoms with E-state index < -0.39 is 6.10 Å². The highest BCUT2D eigenvalue weighted by atomic mass is 16.5. The van der Waals surface area contributed by atoms with Gasteiger partial charge in [-0.05, 0) is 30.7 Å². The molecule has 6 heteroatoms. The average molecular weight is 291 g/mol. The van der Waals surface area contributed by atoms with Gasteiger partial charge in [0.15, 0.2) is 0 Å². The van der Waals surface area contributed by atoms with Crippen LogP contribution < -0.4 is 16.0 Å². The van der Waals surface area contributed by atoms with Gasteiger partial charge in [-0.2, -0.15) is 0 Å². The first-order valence-electron chi connectivity index (χ1n) is 7.22. The predicted octanol–water partition coefficient (Wildman–Crippen LogP) is 0.753. The summed E-state index contributed by atoms with van der Waals surface area (Å²) in [6.07, 6.45) is 0.432. The van der Waals surface area contributed by atoms with Crippen molar-refractivity contribution in [1.29, 1.82) is 0 Å². The van der Waals surface area contributed by atoms with Crippen molar-refractivity contribution in [3.8, 4) is 0 Å². The molecule has 3 N–H and O–H groups in total. The van der Waals surface area contributed by atoms with Crippen LogP contribution in [0.4, 0.5) is 5.69 Å². The smallest absolute Gasteiger partial charge is 0.254 e. The summed E-state index contributed by atoms with van der Waals surface area (Å²) < 4.78 is 5.38. The minimum atomic E-state index is -0.466. The number of carbonyl (C=O) groups is 2. The van der Waals surface area contributed by atoms with Crippen molar-refractivity contribution in [2.24, 2.45) is 0 Å². The Bertz CT molecular complexity index is 481. The Balaban J connectivity index is 1.89. The molecule has 1 aliphatic heterocycles. The molecule has 0 radical (unpaired) electrons. The average Bonchev–Trinajstić information content (AvgIpc) is 2.54. The summed E-state index contributed by atoms with van der Waals surface area (Å²) in [7, 11) is 0. The molecule has 1 aromatic carbocycles. The van der Waals surface area contributed by atoms with Crippen LogP contribution in [0.2, 0.25) is 0 Å². The van der Waals surface area contributed by atoms with E-state index in [1.807, 2.05) is 6.92 Å². The number of rotatable bonds is 5. The molecule has 0 aliphatic carbocycles. The molecule has 1 unspecified atom stereocenters. The molecule has 1 atom stereocenters. The van der Waals surface area contributed by atoms with Gasteiger partial charge < -0.3 is 20.7 Å². The highest BCUT2D eigenvalue weighted by Gasteiger charge is 2.21. The zero-order valence-corrected chi connectivity index (χ0v) is 12.1. The summed E-state index contributed by atoms with van der Waals surface area (Å²) in [5.41, 5.74) is 1.23.